The second kappa shape index (κ2) is 16.5. The minimum absolute atomic E-state index is 0.106. The number of aldehydes is 1. The molecule has 0 unspecified atom stereocenters. The maximum atomic E-state index is 12.2. The number of rotatable bonds is 17. The minimum Gasteiger partial charge on any atom is -0.303 e. The smallest absolute Gasteiger partial charge is 0.230 e. The van der Waals surface area contributed by atoms with Crippen LogP contribution in [0.15, 0.2) is 30.5 Å². The van der Waals surface area contributed by atoms with Crippen LogP contribution in [0.1, 0.15) is 107 Å². The molecule has 152 valence electrons. The Kier molecular flexibility index (Phi) is 14.3. The van der Waals surface area contributed by atoms with Crippen molar-refractivity contribution in [2.24, 2.45) is 0 Å². The van der Waals surface area contributed by atoms with Gasteiger partial charge in [0.15, 0.2) is 0 Å². The molecule has 1 heterocycles. The van der Waals surface area contributed by atoms with Gasteiger partial charge in [0.2, 0.25) is 5.91 Å². The molecule has 0 saturated heterocycles. The highest BCUT2D eigenvalue weighted by Gasteiger charge is 2.08. The maximum absolute atomic E-state index is 12.2. The summed E-state index contributed by atoms with van der Waals surface area (Å²) >= 11 is 0. The van der Waals surface area contributed by atoms with Gasteiger partial charge in [-0.3, -0.25) is 9.36 Å². The van der Waals surface area contributed by atoms with Gasteiger partial charge in [-0.1, -0.05) is 70.4 Å². The number of carbonyl (C=O) groups is 2. The summed E-state index contributed by atoms with van der Waals surface area (Å²) in [7, 11) is 0. The molecule has 0 saturated carbocycles. The van der Waals surface area contributed by atoms with Gasteiger partial charge in [0.25, 0.3) is 0 Å². The summed E-state index contributed by atoms with van der Waals surface area (Å²) in [5.74, 6) is 0.106. The lowest BCUT2D eigenvalue weighted by Gasteiger charge is -2.06. The van der Waals surface area contributed by atoms with Crippen molar-refractivity contribution in [3.63, 3.8) is 0 Å². The second-order valence-corrected chi connectivity index (χ2v) is 7.47. The van der Waals surface area contributed by atoms with Crippen LogP contribution in [0.4, 0.5) is 0 Å². The zero-order chi connectivity index (χ0) is 19.6. The molecule has 1 aromatic heterocycles. The van der Waals surface area contributed by atoms with E-state index in [4.69, 9.17) is 0 Å². The number of hydrogen-bond acceptors (Lipinski definition) is 2. The molecule has 0 aliphatic heterocycles. The van der Waals surface area contributed by atoms with Crippen molar-refractivity contribution < 1.29 is 9.59 Å². The Morgan fingerprint density at radius 3 is 2.11 bits per heavy atom. The Morgan fingerprint density at radius 2 is 1.48 bits per heavy atom. The summed E-state index contributed by atoms with van der Waals surface area (Å²) in [5, 5.41) is 0. The normalized spacial score (nSPS) is 11.3. The van der Waals surface area contributed by atoms with Gasteiger partial charge in [-0.25, -0.2) is 0 Å². The molecule has 27 heavy (non-hydrogen) atoms. The second-order valence-electron chi connectivity index (χ2n) is 7.47. The van der Waals surface area contributed by atoms with Crippen LogP contribution in [0.2, 0.25) is 0 Å². The predicted octanol–water partition coefficient (Wildman–Crippen LogP) is 6.91. The van der Waals surface area contributed by atoms with E-state index < -0.39 is 0 Å². The minimum atomic E-state index is 0.106. The van der Waals surface area contributed by atoms with Crippen molar-refractivity contribution in [3.05, 3.63) is 36.2 Å². The quantitative estimate of drug-likeness (QED) is 0.169. The van der Waals surface area contributed by atoms with E-state index in [1.165, 1.54) is 70.6 Å². The van der Waals surface area contributed by atoms with Gasteiger partial charge in [0.1, 0.15) is 6.29 Å². The lowest BCUT2D eigenvalue weighted by atomic mass is 10.1. The topological polar surface area (TPSA) is 39.1 Å². The monoisotopic (exact) mass is 373 g/mol. The number of aromatic nitrogens is 1. The van der Waals surface area contributed by atoms with Crippen LogP contribution in [-0.2, 0) is 11.2 Å². The van der Waals surface area contributed by atoms with E-state index in [-0.39, 0.29) is 5.91 Å². The highest BCUT2D eigenvalue weighted by molar-refractivity contribution is 5.80. The van der Waals surface area contributed by atoms with E-state index in [1.54, 1.807) is 10.8 Å². The number of hydrogen-bond donors (Lipinski definition) is 0. The highest BCUT2D eigenvalue weighted by atomic mass is 16.2. The van der Waals surface area contributed by atoms with E-state index in [1.807, 2.05) is 12.1 Å². The first kappa shape index (κ1) is 23.4. The van der Waals surface area contributed by atoms with Crippen LogP contribution >= 0.6 is 0 Å². The third-order valence-corrected chi connectivity index (χ3v) is 5.05. The van der Waals surface area contributed by atoms with Crippen molar-refractivity contribution in [3.8, 4) is 0 Å². The summed E-state index contributed by atoms with van der Waals surface area (Å²) in [6.07, 6.45) is 24.6. The average Bonchev–Trinajstić information content (AvgIpc) is 3.13. The van der Waals surface area contributed by atoms with Gasteiger partial charge in [0.05, 0.1) is 0 Å². The first-order chi connectivity index (χ1) is 13.3. The van der Waals surface area contributed by atoms with Gasteiger partial charge < -0.3 is 4.79 Å². The summed E-state index contributed by atoms with van der Waals surface area (Å²) in [5.41, 5.74) is 0.794. The van der Waals surface area contributed by atoms with Crippen molar-refractivity contribution >= 4 is 12.2 Å². The van der Waals surface area contributed by atoms with Gasteiger partial charge in [-0.15, -0.1) is 0 Å². The Bertz CT molecular complexity index is 530. The standard InChI is InChI=1S/C24H39NO2/c1-2-3-4-5-6-7-8-9-10-11-12-13-14-15-16-19-24(27)25-21-17-18-23(25)20-22-26/h9-10,17-18,21-22H,2-8,11-16,19-20H2,1H3/b10-9+. The Hall–Kier alpha value is -1.64. The number of allylic oxidation sites excluding steroid dienone is 2. The molecular weight excluding hydrogens is 334 g/mol. The third kappa shape index (κ3) is 11.6. The summed E-state index contributed by atoms with van der Waals surface area (Å²) in [6.45, 7) is 2.26. The van der Waals surface area contributed by atoms with Crippen LogP contribution in [0.25, 0.3) is 0 Å². The Balaban J connectivity index is 1.92. The van der Waals surface area contributed by atoms with Gasteiger partial charge >= 0.3 is 0 Å². The first-order valence-electron chi connectivity index (χ1n) is 11.1. The van der Waals surface area contributed by atoms with E-state index in [0.29, 0.717) is 12.8 Å². The number of carbonyl (C=O) groups excluding carboxylic acids is 2. The fraction of sp³-hybridized carbons (Fsp3) is 0.667. The molecule has 0 fully saturated rings. The van der Waals surface area contributed by atoms with E-state index in [2.05, 4.69) is 19.1 Å². The lowest BCUT2D eigenvalue weighted by Crippen LogP contribution is -2.12. The van der Waals surface area contributed by atoms with Gasteiger partial charge in [-0.05, 0) is 44.2 Å². The van der Waals surface area contributed by atoms with E-state index in [9.17, 15) is 9.59 Å². The largest absolute Gasteiger partial charge is 0.303 e. The van der Waals surface area contributed by atoms with Crippen LogP contribution in [0.5, 0.6) is 0 Å². The van der Waals surface area contributed by atoms with Crippen molar-refractivity contribution in [2.75, 3.05) is 0 Å². The third-order valence-electron chi connectivity index (χ3n) is 5.05. The summed E-state index contributed by atoms with van der Waals surface area (Å²) in [4.78, 5) is 22.8. The van der Waals surface area contributed by atoms with E-state index >= 15 is 0 Å². The Morgan fingerprint density at radius 1 is 0.889 bits per heavy atom. The zero-order valence-corrected chi connectivity index (χ0v) is 17.3. The number of unbranched alkanes of at least 4 members (excludes halogenated alkanes) is 11. The molecule has 0 aliphatic rings. The fourth-order valence-electron chi connectivity index (χ4n) is 3.38. The lowest BCUT2D eigenvalue weighted by molar-refractivity contribution is -0.107. The number of nitrogens with zero attached hydrogens (tertiary/aromatic N) is 1. The SMILES string of the molecule is CCCCCCCC/C=C/CCCCCCCC(=O)n1cccc1CC=O. The zero-order valence-electron chi connectivity index (χ0n) is 17.3. The molecule has 0 spiro atoms. The fourth-order valence-corrected chi connectivity index (χ4v) is 3.38. The highest BCUT2D eigenvalue weighted by Crippen LogP contribution is 2.11. The molecule has 3 nitrogen and oxygen atoms in total. The molecule has 1 aromatic rings. The molecule has 0 bridgehead atoms. The molecule has 3 heteroatoms. The first-order valence-corrected chi connectivity index (χ1v) is 11.1. The molecule has 0 aromatic carbocycles. The van der Waals surface area contributed by atoms with Crippen molar-refractivity contribution in [1.29, 1.82) is 0 Å². The molecular formula is C24H39NO2. The Labute approximate surface area is 166 Å². The molecule has 1 rings (SSSR count). The summed E-state index contributed by atoms with van der Waals surface area (Å²) < 4.78 is 1.63. The maximum Gasteiger partial charge on any atom is 0.230 e. The van der Waals surface area contributed by atoms with Crippen molar-refractivity contribution in [2.45, 2.75) is 103 Å². The molecule has 0 aliphatic carbocycles. The summed E-state index contributed by atoms with van der Waals surface area (Å²) in [6, 6.07) is 3.67. The molecule has 0 atom stereocenters. The van der Waals surface area contributed by atoms with Gasteiger partial charge in [-0.2, -0.15) is 0 Å². The van der Waals surface area contributed by atoms with Crippen LogP contribution in [0.3, 0.4) is 0 Å². The van der Waals surface area contributed by atoms with E-state index in [0.717, 1.165) is 24.8 Å². The van der Waals surface area contributed by atoms with Crippen molar-refractivity contribution in [1.82, 2.24) is 4.57 Å². The van der Waals surface area contributed by atoms with Crippen LogP contribution < -0.4 is 0 Å². The molecule has 0 N–H and O–H groups in total. The average molecular weight is 374 g/mol. The van der Waals surface area contributed by atoms with Crippen LogP contribution in [-0.4, -0.2) is 16.8 Å². The predicted molar refractivity (Wildman–Crippen MR) is 114 cm³/mol. The molecule has 0 amide bonds. The van der Waals surface area contributed by atoms with Crippen LogP contribution in [0, 0.1) is 0 Å². The van der Waals surface area contributed by atoms with Gasteiger partial charge in [0, 0.05) is 24.7 Å². The molecule has 0 radical (unpaired) electrons.